The molecule has 2 heterocycles. The van der Waals surface area contributed by atoms with Crippen LogP contribution in [0.4, 0.5) is 11.6 Å². The highest BCUT2D eigenvalue weighted by Crippen LogP contribution is 2.27. The highest BCUT2D eigenvalue weighted by molar-refractivity contribution is 5.89. The lowest BCUT2D eigenvalue weighted by Gasteiger charge is -2.32. The van der Waals surface area contributed by atoms with Crippen molar-refractivity contribution in [3.63, 3.8) is 0 Å². The fourth-order valence-electron chi connectivity index (χ4n) is 2.26. The van der Waals surface area contributed by atoms with Crippen molar-refractivity contribution in [3.05, 3.63) is 11.4 Å². The monoisotopic (exact) mass is 275 g/mol. The Morgan fingerprint density at radius 1 is 1.45 bits per heavy atom. The molecule has 1 aromatic heterocycles. The van der Waals surface area contributed by atoms with Gasteiger partial charge in [0.2, 0.25) is 0 Å². The second kappa shape index (κ2) is 5.74. The molecule has 1 aliphatic heterocycles. The Balaban J connectivity index is 2.43. The van der Waals surface area contributed by atoms with Crippen LogP contribution in [0.1, 0.15) is 35.9 Å². The predicted octanol–water partition coefficient (Wildman–Crippen LogP) is 1.32. The van der Waals surface area contributed by atoms with E-state index in [1.807, 2.05) is 4.90 Å². The second-order valence-corrected chi connectivity index (χ2v) is 4.93. The summed E-state index contributed by atoms with van der Waals surface area (Å²) in [7, 11) is 1.68. The average molecular weight is 275 g/mol. The van der Waals surface area contributed by atoms with Gasteiger partial charge >= 0.3 is 5.97 Å². The Morgan fingerprint density at radius 2 is 2.10 bits per heavy atom. The van der Waals surface area contributed by atoms with Crippen LogP contribution in [0.15, 0.2) is 0 Å². The Morgan fingerprint density at radius 3 is 2.60 bits per heavy atom. The van der Waals surface area contributed by atoms with Crippen molar-refractivity contribution in [3.8, 4) is 6.07 Å². The Bertz CT molecular complexity index is 559. The van der Waals surface area contributed by atoms with Crippen molar-refractivity contribution in [1.29, 1.82) is 5.26 Å². The minimum atomic E-state index is -1.23. The second-order valence-electron chi connectivity index (χ2n) is 4.93. The first-order valence-corrected chi connectivity index (χ1v) is 6.55. The number of aromatic carboxylic acids is 1. The molecule has 1 saturated heterocycles. The number of carboxylic acid groups (broad SMARTS) is 1. The van der Waals surface area contributed by atoms with Gasteiger partial charge < -0.3 is 15.3 Å². The van der Waals surface area contributed by atoms with Gasteiger partial charge in [-0.2, -0.15) is 5.26 Å². The molecule has 0 spiro atoms. The molecule has 20 heavy (non-hydrogen) atoms. The highest BCUT2D eigenvalue weighted by Gasteiger charge is 2.24. The smallest absolute Gasteiger partial charge is 0.357 e. The molecule has 0 unspecified atom stereocenters. The van der Waals surface area contributed by atoms with Gasteiger partial charge in [-0.3, -0.25) is 0 Å². The van der Waals surface area contributed by atoms with Gasteiger partial charge in [0.05, 0.1) is 0 Å². The maximum atomic E-state index is 11.2. The van der Waals surface area contributed by atoms with E-state index in [9.17, 15) is 4.79 Å². The lowest BCUT2D eigenvalue weighted by atomic mass is 9.99. The number of nitrogens with zero attached hydrogens (tertiary/aromatic N) is 4. The summed E-state index contributed by atoms with van der Waals surface area (Å²) in [5, 5.41) is 21.0. The van der Waals surface area contributed by atoms with Gasteiger partial charge in [0.1, 0.15) is 6.07 Å². The largest absolute Gasteiger partial charge is 0.476 e. The molecule has 7 nitrogen and oxygen atoms in total. The maximum absolute atomic E-state index is 11.2. The van der Waals surface area contributed by atoms with E-state index in [2.05, 4.69) is 22.2 Å². The Hall–Kier alpha value is -2.36. The molecule has 0 amide bonds. The van der Waals surface area contributed by atoms with Crippen LogP contribution < -0.4 is 10.2 Å². The van der Waals surface area contributed by atoms with E-state index in [1.54, 1.807) is 13.1 Å². The van der Waals surface area contributed by atoms with Crippen LogP contribution in [0, 0.1) is 17.2 Å². The van der Waals surface area contributed by atoms with Gasteiger partial charge in [0, 0.05) is 20.1 Å². The number of hydrogen-bond acceptors (Lipinski definition) is 6. The number of nitriles is 1. The number of nitrogens with one attached hydrogen (secondary N) is 1. The number of piperidine rings is 1. The summed E-state index contributed by atoms with van der Waals surface area (Å²) in [5.41, 5.74) is -0.462. The topological polar surface area (TPSA) is 102 Å². The SMILES string of the molecule is CNc1nc(C#N)c(C(=O)O)nc1N1CCC(C)CC1. The summed E-state index contributed by atoms with van der Waals surface area (Å²) in [6.07, 6.45) is 2.07. The van der Waals surface area contributed by atoms with Crippen molar-refractivity contribution < 1.29 is 9.90 Å². The number of rotatable bonds is 3. The van der Waals surface area contributed by atoms with Crippen molar-refractivity contribution in [2.75, 3.05) is 30.4 Å². The molecule has 2 rings (SSSR count). The van der Waals surface area contributed by atoms with Crippen LogP contribution in [0.5, 0.6) is 0 Å². The van der Waals surface area contributed by atoms with E-state index >= 15 is 0 Å². The zero-order valence-electron chi connectivity index (χ0n) is 11.6. The van der Waals surface area contributed by atoms with Gasteiger partial charge in [0.15, 0.2) is 23.0 Å². The normalized spacial score (nSPS) is 15.8. The molecular formula is C13H17N5O2. The van der Waals surface area contributed by atoms with Crippen LogP contribution in [-0.2, 0) is 0 Å². The molecule has 7 heteroatoms. The van der Waals surface area contributed by atoms with Crippen LogP contribution in [0.3, 0.4) is 0 Å². The predicted molar refractivity (Wildman–Crippen MR) is 73.9 cm³/mol. The zero-order chi connectivity index (χ0) is 14.7. The molecule has 0 aliphatic carbocycles. The molecule has 0 saturated carbocycles. The fourth-order valence-corrected chi connectivity index (χ4v) is 2.26. The average Bonchev–Trinajstić information content (AvgIpc) is 2.46. The third kappa shape index (κ3) is 2.64. The Labute approximate surface area is 117 Å². The molecule has 0 radical (unpaired) electrons. The van der Waals surface area contributed by atoms with Gasteiger partial charge in [0.25, 0.3) is 0 Å². The molecular weight excluding hydrogens is 258 g/mol. The quantitative estimate of drug-likeness (QED) is 0.857. The van der Waals surface area contributed by atoms with Crippen LogP contribution in [0.2, 0.25) is 0 Å². The summed E-state index contributed by atoms with van der Waals surface area (Å²) in [6, 6.07) is 1.78. The van der Waals surface area contributed by atoms with E-state index < -0.39 is 5.97 Å². The lowest BCUT2D eigenvalue weighted by Crippen LogP contribution is -2.34. The number of hydrogen-bond donors (Lipinski definition) is 2. The van der Waals surface area contributed by atoms with E-state index in [-0.39, 0.29) is 11.4 Å². The van der Waals surface area contributed by atoms with E-state index in [1.165, 1.54) is 0 Å². The number of aromatic nitrogens is 2. The summed E-state index contributed by atoms with van der Waals surface area (Å²) < 4.78 is 0. The van der Waals surface area contributed by atoms with E-state index in [0.29, 0.717) is 17.6 Å². The fraction of sp³-hybridized carbons (Fsp3) is 0.538. The standard InChI is InChI=1S/C13H17N5O2/c1-8-3-5-18(6-4-8)12-11(15-2)16-9(7-14)10(17-12)13(19)20/h8H,3-6H2,1-2H3,(H,15,16)(H,19,20). The molecule has 1 aromatic rings. The van der Waals surface area contributed by atoms with Crippen LogP contribution in [0.25, 0.3) is 0 Å². The van der Waals surface area contributed by atoms with Crippen molar-refractivity contribution in [2.24, 2.45) is 5.92 Å². The lowest BCUT2D eigenvalue weighted by molar-refractivity contribution is 0.0689. The third-order valence-corrected chi connectivity index (χ3v) is 3.51. The van der Waals surface area contributed by atoms with Gasteiger partial charge in [-0.1, -0.05) is 6.92 Å². The van der Waals surface area contributed by atoms with Gasteiger partial charge in [-0.05, 0) is 18.8 Å². The zero-order valence-corrected chi connectivity index (χ0v) is 11.6. The maximum Gasteiger partial charge on any atom is 0.357 e. The number of carbonyl (C=O) groups is 1. The molecule has 0 atom stereocenters. The first-order chi connectivity index (χ1) is 9.56. The van der Waals surface area contributed by atoms with E-state index in [4.69, 9.17) is 10.4 Å². The molecule has 106 valence electrons. The van der Waals surface area contributed by atoms with Crippen molar-refractivity contribution >= 4 is 17.6 Å². The molecule has 1 fully saturated rings. The number of anilines is 2. The molecule has 2 N–H and O–H groups in total. The number of carboxylic acids is 1. The van der Waals surface area contributed by atoms with E-state index in [0.717, 1.165) is 25.9 Å². The molecule has 0 bridgehead atoms. The first kappa shape index (κ1) is 14.1. The minimum absolute atomic E-state index is 0.170. The van der Waals surface area contributed by atoms with Crippen LogP contribution in [-0.4, -0.2) is 41.2 Å². The van der Waals surface area contributed by atoms with Crippen molar-refractivity contribution in [1.82, 2.24) is 9.97 Å². The van der Waals surface area contributed by atoms with Gasteiger partial charge in [-0.15, -0.1) is 0 Å². The first-order valence-electron chi connectivity index (χ1n) is 6.55. The molecule has 0 aromatic carbocycles. The highest BCUT2D eigenvalue weighted by atomic mass is 16.4. The summed E-state index contributed by atoms with van der Waals surface area (Å²) in [6.45, 7) is 3.83. The minimum Gasteiger partial charge on any atom is -0.476 e. The Kier molecular flexibility index (Phi) is 4.03. The summed E-state index contributed by atoms with van der Waals surface area (Å²) in [5.74, 6) is 0.384. The van der Waals surface area contributed by atoms with Crippen molar-refractivity contribution in [2.45, 2.75) is 19.8 Å². The third-order valence-electron chi connectivity index (χ3n) is 3.51. The summed E-state index contributed by atoms with van der Waals surface area (Å²) >= 11 is 0. The van der Waals surface area contributed by atoms with Crippen LogP contribution >= 0.6 is 0 Å². The van der Waals surface area contributed by atoms with Gasteiger partial charge in [-0.25, -0.2) is 14.8 Å². The molecule has 1 aliphatic rings. The summed E-state index contributed by atoms with van der Waals surface area (Å²) in [4.78, 5) is 21.4.